The van der Waals surface area contributed by atoms with Crippen molar-refractivity contribution in [3.05, 3.63) is 29.6 Å². The van der Waals surface area contributed by atoms with Crippen molar-refractivity contribution >= 4 is 5.69 Å². The molecule has 0 heterocycles. The van der Waals surface area contributed by atoms with Crippen LogP contribution < -0.4 is 11.3 Å². The number of para-hydroxylation sites is 1. The van der Waals surface area contributed by atoms with Crippen molar-refractivity contribution in [2.24, 2.45) is 5.84 Å². The smallest absolute Gasteiger partial charge is 0.147 e. The molecule has 2 nitrogen and oxygen atoms in total. The third-order valence-electron chi connectivity index (χ3n) is 1.37. The highest BCUT2D eigenvalue weighted by molar-refractivity contribution is 5.50. The highest BCUT2D eigenvalue weighted by Crippen LogP contribution is 2.16. The normalized spacial score (nSPS) is 9.50. The monoisotopic (exact) mass is 140 g/mol. The van der Waals surface area contributed by atoms with Crippen LogP contribution in [0.1, 0.15) is 5.56 Å². The summed E-state index contributed by atoms with van der Waals surface area (Å²) < 4.78 is 12.7. The van der Waals surface area contributed by atoms with Gasteiger partial charge in [0.05, 0.1) is 5.69 Å². The summed E-state index contributed by atoms with van der Waals surface area (Å²) >= 11 is 0. The van der Waals surface area contributed by atoms with E-state index in [1.807, 2.05) is 0 Å². The van der Waals surface area contributed by atoms with E-state index >= 15 is 0 Å². The fourth-order valence-corrected chi connectivity index (χ4v) is 0.815. The quantitative estimate of drug-likeness (QED) is 0.457. The number of hydrazine groups is 1. The van der Waals surface area contributed by atoms with Crippen LogP contribution in [-0.2, 0) is 0 Å². The summed E-state index contributed by atoms with van der Waals surface area (Å²) in [7, 11) is 0. The lowest BCUT2D eigenvalue weighted by molar-refractivity contribution is 0.629. The van der Waals surface area contributed by atoms with Crippen LogP contribution in [-0.4, -0.2) is 0 Å². The van der Waals surface area contributed by atoms with Gasteiger partial charge in [-0.3, -0.25) is 5.84 Å². The van der Waals surface area contributed by atoms with Gasteiger partial charge in [-0.1, -0.05) is 12.1 Å². The number of benzene rings is 1. The zero-order valence-corrected chi connectivity index (χ0v) is 5.69. The summed E-state index contributed by atoms with van der Waals surface area (Å²) in [6, 6.07) is 4.80. The van der Waals surface area contributed by atoms with E-state index in [0.717, 1.165) is 5.56 Å². The Morgan fingerprint density at radius 2 is 2.20 bits per heavy atom. The molecule has 0 aliphatic heterocycles. The lowest BCUT2D eigenvalue weighted by Gasteiger charge is -2.03. The van der Waals surface area contributed by atoms with Crippen LogP contribution in [0.25, 0.3) is 0 Å². The molecule has 0 radical (unpaired) electrons. The molecule has 1 aromatic carbocycles. The van der Waals surface area contributed by atoms with E-state index in [-0.39, 0.29) is 5.82 Å². The number of anilines is 1. The van der Waals surface area contributed by atoms with Crippen LogP contribution in [0, 0.1) is 12.7 Å². The minimum atomic E-state index is -0.317. The lowest BCUT2D eigenvalue weighted by atomic mass is 10.2. The summed E-state index contributed by atoms with van der Waals surface area (Å²) in [4.78, 5) is 0. The molecule has 1 aromatic rings. The molecule has 3 heteroatoms. The zero-order chi connectivity index (χ0) is 7.56. The van der Waals surface area contributed by atoms with Crippen LogP contribution in [0.2, 0.25) is 0 Å². The van der Waals surface area contributed by atoms with Gasteiger partial charge in [0.1, 0.15) is 5.82 Å². The summed E-state index contributed by atoms with van der Waals surface area (Å²) in [6.45, 7) is 1.79. The summed E-state index contributed by atoms with van der Waals surface area (Å²) in [5.74, 6) is 4.74. The largest absolute Gasteiger partial charge is 0.321 e. The van der Waals surface area contributed by atoms with Gasteiger partial charge in [0.2, 0.25) is 0 Å². The number of hydrogen-bond donors (Lipinski definition) is 2. The Morgan fingerprint density at radius 1 is 1.50 bits per heavy atom. The predicted molar refractivity (Wildman–Crippen MR) is 38.9 cm³/mol. The SMILES string of the molecule is Cc1cccc(F)c1NN. The van der Waals surface area contributed by atoms with Crippen LogP contribution in [0.3, 0.4) is 0 Å². The van der Waals surface area contributed by atoms with Crippen LogP contribution in [0.4, 0.5) is 10.1 Å². The average molecular weight is 140 g/mol. The Bertz CT molecular complexity index is 215. The van der Waals surface area contributed by atoms with E-state index in [2.05, 4.69) is 5.43 Å². The van der Waals surface area contributed by atoms with Crippen molar-refractivity contribution in [2.75, 3.05) is 5.43 Å². The van der Waals surface area contributed by atoms with Crippen LogP contribution in [0.15, 0.2) is 18.2 Å². The molecular weight excluding hydrogens is 131 g/mol. The number of rotatable bonds is 1. The Hall–Kier alpha value is -1.09. The molecule has 3 N–H and O–H groups in total. The Morgan fingerprint density at radius 3 is 2.60 bits per heavy atom. The van der Waals surface area contributed by atoms with E-state index in [1.165, 1.54) is 6.07 Å². The second-order valence-corrected chi connectivity index (χ2v) is 2.08. The highest BCUT2D eigenvalue weighted by atomic mass is 19.1. The van der Waals surface area contributed by atoms with Crippen LogP contribution >= 0.6 is 0 Å². The van der Waals surface area contributed by atoms with E-state index in [0.29, 0.717) is 5.69 Å². The number of nitrogens with two attached hydrogens (primary N) is 1. The molecule has 0 atom stereocenters. The molecule has 54 valence electrons. The molecule has 0 saturated carbocycles. The lowest BCUT2D eigenvalue weighted by Crippen LogP contribution is -2.09. The average Bonchev–Trinajstić information content (AvgIpc) is 1.88. The Kier molecular flexibility index (Phi) is 1.87. The van der Waals surface area contributed by atoms with Crippen molar-refractivity contribution in [1.82, 2.24) is 0 Å². The third-order valence-corrected chi connectivity index (χ3v) is 1.37. The second-order valence-electron chi connectivity index (χ2n) is 2.08. The van der Waals surface area contributed by atoms with E-state index in [4.69, 9.17) is 5.84 Å². The van der Waals surface area contributed by atoms with E-state index in [1.54, 1.807) is 19.1 Å². The minimum absolute atomic E-state index is 0.317. The van der Waals surface area contributed by atoms with Crippen LogP contribution in [0.5, 0.6) is 0 Å². The van der Waals surface area contributed by atoms with Gasteiger partial charge in [0, 0.05) is 0 Å². The van der Waals surface area contributed by atoms with Crippen molar-refractivity contribution < 1.29 is 4.39 Å². The van der Waals surface area contributed by atoms with Gasteiger partial charge in [-0.05, 0) is 18.6 Å². The first kappa shape index (κ1) is 7.02. The standard InChI is InChI=1S/C7H9FN2/c1-5-3-2-4-6(8)7(5)10-9/h2-4,10H,9H2,1H3. The highest BCUT2D eigenvalue weighted by Gasteiger charge is 2.00. The first-order valence-electron chi connectivity index (χ1n) is 2.97. The Balaban J connectivity index is 3.17. The maximum Gasteiger partial charge on any atom is 0.147 e. The number of nitrogen functional groups attached to an aromatic ring is 1. The molecule has 0 aromatic heterocycles. The topological polar surface area (TPSA) is 38.0 Å². The molecular formula is C7H9FN2. The molecule has 10 heavy (non-hydrogen) atoms. The minimum Gasteiger partial charge on any atom is -0.321 e. The summed E-state index contributed by atoms with van der Waals surface area (Å²) in [5.41, 5.74) is 3.46. The molecule has 0 aliphatic carbocycles. The summed E-state index contributed by atoms with van der Waals surface area (Å²) in [5, 5.41) is 0. The maximum absolute atomic E-state index is 12.7. The van der Waals surface area contributed by atoms with Crippen molar-refractivity contribution in [1.29, 1.82) is 0 Å². The molecule has 0 spiro atoms. The first-order valence-corrected chi connectivity index (χ1v) is 2.97. The Labute approximate surface area is 58.8 Å². The number of hydrogen-bond acceptors (Lipinski definition) is 2. The molecule has 0 saturated heterocycles. The van der Waals surface area contributed by atoms with Gasteiger partial charge in [-0.15, -0.1) is 0 Å². The van der Waals surface area contributed by atoms with Gasteiger partial charge in [-0.25, -0.2) is 4.39 Å². The molecule has 0 bridgehead atoms. The van der Waals surface area contributed by atoms with Gasteiger partial charge in [-0.2, -0.15) is 0 Å². The third kappa shape index (κ3) is 1.09. The van der Waals surface area contributed by atoms with E-state index in [9.17, 15) is 4.39 Å². The number of aryl methyl sites for hydroxylation is 1. The summed E-state index contributed by atoms with van der Waals surface area (Å²) in [6.07, 6.45) is 0. The van der Waals surface area contributed by atoms with Crippen molar-refractivity contribution in [2.45, 2.75) is 6.92 Å². The fraction of sp³-hybridized carbons (Fsp3) is 0.143. The number of halogens is 1. The van der Waals surface area contributed by atoms with Crippen molar-refractivity contribution in [3.8, 4) is 0 Å². The number of nitrogens with one attached hydrogen (secondary N) is 1. The molecule has 0 unspecified atom stereocenters. The zero-order valence-electron chi connectivity index (χ0n) is 5.69. The van der Waals surface area contributed by atoms with Gasteiger partial charge in [0.15, 0.2) is 0 Å². The first-order chi connectivity index (χ1) is 4.75. The second kappa shape index (κ2) is 2.66. The van der Waals surface area contributed by atoms with Crippen molar-refractivity contribution in [3.63, 3.8) is 0 Å². The fourth-order valence-electron chi connectivity index (χ4n) is 0.815. The molecule has 0 amide bonds. The van der Waals surface area contributed by atoms with Gasteiger partial charge in [0.25, 0.3) is 0 Å². The maximum atomic E-state index is 12.7. The predicted octanol–water partition coefficient (Wildman–Crippen LogP) is 1.42. The molecule has 0 aliphatic rings. The van der Waals surface area contributed by atoms with E-state index < -0.39 is 0 Å². The molecule has 0 fully saturated rings. The molecule has 1 rings (SSSR count). The van der Waals surface area contributed by atoms with Gasteiger partial charge < -0.3 is 5.43 Å². The van der Waals surface area contributed by atoms with Gasteiger partial charge >= 0.3 is 0 Å².